The first-order valence-electron chi connectivity index (χ1n) is 14.4. The molecule has 0 aliphatic carbocycles. The smallest absolute Gasteiger partial charge is 0.154 e. The lowest BCUT2D eigenvalue weighted by atomic mass is 9.96. The van der Waals surface area contributed by atoms with Gasteiger partial charge in [0.05, 0.1) is 11.9 Å². The summed E-state index contributed by atoms with van der Waals surface area (Å²) in [6, 6.07) is 8.31. The number of aromatic nitrogens is 3. The van der Waals surface area contributed by atoms with Crippen molar-refractivity contribution in [1.82, 2.24) is 20.3 Å². The second-order valence-electron chi connectivity index (χ2n) is 10.9. The summed E-state index contributed by atoms with van der Waals surface area (Å²) in [5.74, 6) is 2.67. The zero-order chi connectivity index (χ0) is 30.4. The predicted octanol–water partition coefficient (Wildman–Crippen LogP) is 8.13. The molecule has 1 fully saturated rings. The van der Waals surface area contributed by atoms with Crippen LogP contribution >= 0.6 is 0 Å². The number of nitrogens with one attached hydrogen (secondary N) is 2. The van der Waals surface area contributed by atoms with Crippen molar-refractivity contribution in [2.75, 3.05) is 43.4 Å². The van der Waals surface area contributed by atoms with Gasteiger partial charge in [0.15, 0.2) is 5.82 Å². The number of pyridine rings is 3. The summed E-state index contributed by atoms with van der Waals surface area (Å²) in [5, 5.41) is 6.47. The molecule has 0 unspecified atom stereocenters. The molecular formula is C35H53N7. The molecular weight excluding hydrogens is 518 g/mol. The van der Waals surface area contributed by atoms with Crippen molar-refractivity contribution in [3.8, 4) is 0 Å². The molecule has 1 saturated heterocycles. The Balaban J connectivity index is 0.000000394. The first-order valence-corrected chi connectivity index (χ1v) is 14.4. The molecule has 0 saturated carbocycles. The molecule has 0 amide bonds. The minimum atomic E-state index is 0. The third-order valence-electron chi connectivity index (χ3n) is 6.09. The molecule has 1 aliphatic heterocycles. The number of piperazine rings is 1. The number of hydrogen-bond acceptors (Lipinski definition) is 7. The lowest BCUT2D eigenvalue weighted by molar-refractivity contribution is 0.585. The van der Waals surface area contributed by atoms with E-state index in [0.717, 1.165) is 88.7 Å². The Morgan fingerprint density at radius 3 is 2.26 bits per heavy atom. The minimum absolute atomic E-state index is 0. The second kappa shape index (κ2) is 18.6. The summed E-state index contributed by atoms with van der Waals surface area (Å²) in [6.45, 7) is 24.5. The van der Waals surface area contributed by atoms with E-state index in [1.807, 2.05) is 72.4 Å². The highest BCUT2D eigenvalue weighted by Gasteiger charge is 2.12. The molecule has 0 atom stereocenters. The summed E-state index contributed by atoms with van der Waals surface area (Å²) < 4.78 is 0. The zero-order valence-electron chi connectivity index (χ0n) is 26.5. The highest BCUT2D eigenvalue weighted by Crippen LogP contribution is 2.29. The van der Waals surface area contributed by atoms with Crippen LogP contribution in [-0.4, -0.2) is 53.9 Å². The maximum atomic E-state index is 4.52. The SMILES string of the molecule is C.C/C=C(/c1cnc(N=C(C)C)c(C)c1)c1cc(NC)cnc1C.C=Cc1ccnc(N2CCNCC2)c1.CC(C)C. The highest BCUT2D eigenvalue weighted by atomic mass is 15.2. The largest absolute Gasteiger partial charge is 0.387 e. The van der Waals surface area contributed by atoms with Gasteiger partial charge in [-0.2, -0.15) is 0 Å². The molecule has 0 spiro atoms. The van der Waals surface area contributed by atoms with E-state index in [4.69, 9.17) is 0 Å². The summed E-state index contributed by atoms with van der Waals surface area (Å²) in [6.07, 6.45) is 9.53. The van der Waals surface area contributed by atoms with Crippen LogP contribution in [0, 0.1) is 19.8 Å². The van der Waals surface area contributed by atoms with Crippen LogP contribution < -0.4 is 15.5 Å². The lowest BCUT2D eigenvalue weighted by Gasteiger charge is -2.28. The number of anilines is 2. The molecule has 3 aromatic rings. The van der Waals surface area contributed by atoms with Gasteiger partial charge in [-0.3, -0.25) is 4.98 Å². The molecule has 2 N–H and O–H groups in total. The van der Waals surface area contributed by atoms with E-state index >= 15 is 0 Å². The summed E-state index contributed by atoms with van der Waals surface area (Å²) in [5.41, 5.74) is 8.53. The molecule has 42 heavy (non-hydrogen) atoms. The highest BCUT2D eigenvalue weighted by molar-refractivity contribution is 5.84. The van der Waals surface area contributed by atoms with Crippen LogP contribution in [0.4, 0.5) is 17.3 Å². The van der Waals surface area contributed by atoms with E-state index in [2.05, 4.69) is 87.1 Å². The fourth-order valence-corrected chi connectivity index (χ4v) is 4.09. The van der Waals surface area contributed by atoms with E-state index < -0.39 is 0 Å². The molecule has 4 rings (SSSR count). The molecule has 7 heteroatoms. The fourth-order valence-electron chi connectivity index (χ4n) is 4.09. The standard InChI is InChI=1S/C19H24N4.C11H15N3.C4H10.CH4/c1-7-17(18-9-16(20-6)11-21-14(18)5)15-8-13(4)19(22-10-15)23-12(2)3;1-2-10-3-4-13-11(9-10)14-7-5-12-6-8-14;1-4(2)3;/h7-11,20H,1-6H3;2-4,9,12H,1,5-8H2;4H,1-3H3;1H4/b17-7-;;;. The van der Waals surface area contributed by atoms with Crippen molar-refractivity contribution in [3.05, 3.63) is 83.5 Å². The number of nitrogens with zero attached hydrogens (tertiary/aromatic N) is 5. The van der Waals surface area contributed by atoms with Crippen LogP contribution in [-0.2, 0) is 0 Å². The summed E-state index contributed by atoms with van der Waals surface area (Å²) in [4.78, 5) is 20.1. The van der Waals surface area contributed by atoms with Crippen molar-refractivity contribution in [1.29, 1.82) is 0 Å². The normalized spacial score (nSPS) is 12.6. The summed E-state index contributed by atoms with van der Waals surface area (Å²) in [7, 11) is 1.90. The molecule has 0 bridgehead atoms. The van der Waals surface area contributed by atoms with Crippen LogP contribution in [0.1, 0.15) is 76.9 Å². The predicted molar refractivity (Wildman–Crippen MR) is 185 cm³/mol. The van der Waals surface area contributed by atoms with Gasteiger partial charge in [-0.25, -0.2) is 15.0 Å². The Bertz CT molecular complexity index is 1310. The van der Waals surface area contributed by atoms with E-state index in [9.17, 15) is 0 Å². The van der Waals surface area contributed by atoms with E-state index in [0.29, 0.717) is 0 Å². The Kier molecular flexibility index (Phi) is 16.0. The van der Waals surface area contributed by atoms with Gasteiger partial charge in [0, 0.05) is 68.2 Å². The van der Waals surface area contributed by atoms with Gasteiger partial charge >= 0.3 is 0 Å². The van der Waals surface area contributed by atoms with Gasteiger partial charge in [0.1, 0.15) is 5.82 Å². The first-order chi connectivity index (χ1) is 19.6. The van der Waals surface area contributed by atoms with Crippen molar-refractivity contribution in [3.63, 3.8) is 0 Å². The van der Waals surface area contributed by atoms with Gasteiger partial charge in [-0.1, -0.05) is 46.9 Å². The third-order valence-corrected chi connectivity index (χ3v) is 6.09. The number of rotatable bonds is 6. The Labute approximate surface area is 255 Å². The van der Waals surface area contributed by atoms with Gasteiger partial charge < -0.3 is 15.5 Å². The van der Waals surface area contributed by atoms with E-state index in [1.165, 1.54) is 0 Å². The fraction of sp³-hybridized carbons (Fsp3) is 0.429. The Morgan fingerprint density at radius 1 is 1.05 bits per heavy atom. The Hall–Kier alpha value is -3.84. The van der Waals surface area contributed by atoms with Crippen LogP contribution in [0.5, 0.6) is 0 Å². The van der Waals surface area contributed by atoms with E-state index in [1.54, 1.807) is 0 Å². The van der Waals surface area contributed by atoms with Gasteiger partial charge in [-0.05, 0) is 81.5 Å². The number of allylic oxidation sites excluding steroid dienone is 1. The summed E-state index contributed by atoms with van der Waals surface area (Å²) >= 11 is 0. The quantitative estimate of drug-likeness (QED) is 0.291. The van der Waals surface area contributed by atoms with Crippen LogP contribution in [0.3, 0.4) is 0 Å². The van der Waals surface area contributed by atoms with Crippen LogP contribution in [0.25, 0.3) is 11.6 Å². The van der Waals surface area contributed by atoms with Crippen LogP contribution in [0.15, 0.2) is 60.5 Å². The van der Waals surface area contributed by atoms with Crippen molar-refractivity contribution >= 4 is 34.7 Å². The van der Waals surface area contributed by atoms with Crippen molar-refractivity contribution < 1.29 is 0 Å². The third kappa shape index (κ3) is 11.6. The maximum Gasteiger partial charge on any atom is 0.154 e. The topological polar surface area (TPSA) is 78.3 Å². The van der Waals surface area contributed by atoms with Crippen molar-refractivity contribution in [2.24, 2.45) is 10.9 Å². The minimum Gasteiger partial charge on any atom is -0.387 e. The molecule has 228 valence electrons. The molecule has 3 aromatic heterocycles. The van der Waals surface area contributed by atoms with Gasteiger partial charge in [0.25, 0.3) is 0 Å². The number of aliphatic imine (C=N–C) groups is 1. The average Bonchev–Trinajstić information content (AvgIpc) is 2.96. The van der Waals surface area contributed by atoms with Crippen molar-refractivity contribution in [2.45, 2.75) is 62.8 Å². The molecule has 0 aromatic carbocycles. The molecule has 1 aliphatic rings. The van der Waals surface area contributed by atoms with E-state index in [-0.39, 0.29) is 7.43 Å². The molecule has 7 nitrogen and oxygen atoms in total. The van der Waals surface area contributed by atoms with Crippen LogP contribution in [0.2, 0.25) is 0 Å². The lowest BCUT2D eigenvalue weighted by Crippen LogP contribution is -2.43. The van der Waals surface area contributed by atoms with Gasteiger partial charge in [0.2, 0.25) is 0 Å². The number of aryl methyl sites for hydroxylation is 2. The second-order valence-corrected chi connectivity index (χ2v) is 10.9. The zero-order valence-corrected chi connectivity index (χ0v) is 26.5. The Morgan fingerprint density at radius 2 is 1.71 bits per heavy atom. The van der Waals surface area contributed by atoms with Gasteiger partial charge in [-0.15, -0.1) is 0 Å². The number of hydrogen-bond donors (Lipinski definition) is 2. The molecule has 4 heterocycles. The first kappa shape index (κ1) is 36.2. The molecule has 0 radical (unpaired) electrons. The monoisotopic (exact) mass is 571 g/mol. The maximum absolute atomic E-state index is 4.52. The average molecular weight is 572 g/mol.